The molecule has 5 heteroatoms. The molecule has 0 spiro atoms. The molecule has 0 bridgehead atoms. The van der Waals surface area contributed by atoms with Crippen molar-refractivity contribution in [1.29, 1.82) is 0 Å². The Morgan fingerprint density at radius 1 is 1.33 bits per heavy atom. The van der Waals surface area contributed by atoms with Crippen LogP contribution in [0.2, 0.25) is 0 Å². The number of benzene rings is 1. The van der Waals surface area contributed by atoms with E-state index in [-0.39, 0.29) is 17.5 Å². The fourth-order valence-electron chi connectivity index (χ4n) is 1.54. The summed E-state index contributed by atoms with van der Waals surface area (Å²) < 4.78 is 13.4. The minimum absolute atomic E-state index is 0.0522. The van der Waals surface area contributed by atoms with Crippen molar-refractivity contribution in [1.82, 2.24) is 10.6 Å². The van der Waals surface area contributed by atoms with E-state index in [1.54, 1.807) is 13.0 Å². The molecule has 2 N–H and O–H groups in total. The number of nitrogens with one attached hydrogen (secondary N) is 2. The second-order valence-electron chi connectivity index (χ2n) is 4.46. The lowest BCUT2D eigenvalue weighted by molar-refractivity contribution is -0.122. The van der Waals surface area contributed by atoms with Crippen LogP contribution in [0.5, 0.6) is 0 Å². The molecule has 0 saturated heterocycles. The second-order valence-corrected chi connectivity index (χ2v) is 4.46. The lowest BCUT2D eigenvalue weighted by Crippen LogP contribution is -2.45. The van der Waals surface area contributed by atoms with Crippen LogP contribution in [0, 0.1) is 5.82 Å². The smallest absolute Gasteiger partial charge is 0.254 e. The van der Waals surface area contributed by atoms with Crippen LogP contribution in [-0.2, 0) is 4.79 Å². The van der Waals surface area contributed by atoms with E-state index in [0.717, 1.165) is 12.8 Å². The molecule has 1 saturated carbocycles. The van der Waals surface area contributed by atoms with Crippen LogP contribution in [0.1, 0.15) is 30.1 Å². The maximum atomic E-state index is 13.4. The summed E-state index contributed by atoms with van der Waals surface area (Å²) >= 11 is 0. The van der Waals surface area contributed by atoms with Crippen molar-refractivity contribution in [3.05, 3.63) is 35.6 Å². The molecule has 4 nitrogen and oxygen atoms in total. The second kappa shape index (κ2) is 5.16. The van der Waals surface area contributed by atoms with Crippen LogP contribution >= 0.6 is 0 Å². The summed E-state index contributed by atoms with van der Waals surface area (Å²) in [6.07, 6.45) is 1.97. The number of halogens is 1. The van der Waals surface area contributed by atoms with Crippen LogP contribution in [0.15, 0.2) is 24.3 Å². The average Bonchev–Trinajstić information content (AvgIpc) is 3.13. The molecule has 2 rings (SSSR count). The Morgan fingerprint density at radius 2 is 2.00 bits per heavy atom. The standard InChI is InChI=1S/C13H15FN2O2/c1-8(12(17)16-9-6-7-9)15-13(18)10-4-2-3-5-11(10)14/h2-5,8-9H,6-7H2,1H3,(H,15,18)(H,16,17). The van der Waals surface area contributed by atoms with Gasteiger partial charge in [0.1, 0.15) is 11.9 Å². The number of carbonyl (C=O) groups is 2. The third-order valence-corrected chi connectivity index (χ3v) is 2.78. The third-order valence-electron chi connectivity index (χ3n) is 2.78. The molecule has 1 aromatic rings. The predicted molar refractivity (Wildman–Crippen MR) is 64.5 cm³/mol. The van der Waals surface area contributed by atoms with Crippen molar-refractivity contribution >= 4 is 11.8 Å². The normalized spacial score (nSPS) is 15.9. The molecule has 1 fully saturated rings. The van der Waals surface area contributed by atoms with Crippen LogP contribution in [0.3, 0.4) is 0 Å². The molecule has 2 amide bonds. The molecule has 1 aliphatic rings. The Labute approximate surface area is 105 Å². The highest BCUT2D eigenvalue weighted by Crippen LogP contribution is 2.18. The van der Waals surface area contributed by atoms with Gasteiger partial charge in [-0.05, 0) is 31.9 Å². The minimum Gasteiger partial charge on any atom is -0.352 e. The molecular weight excluding hydrogens is 235 g/mol. The Bertz CT molecular complexity index is 472. The molecule has 1 unspecified atom stereocenters. The van der Waals surface area contributed by atoms with Crippen LogP contribution < -0.4 is 10.6 Å². The lowest BCUT2D eigenvalue weighted by Gasteiger charge is -2.14. The largest absolute Gasteiger partial charge is 0.352 e. The van der Waals surface area contributed by atoms with Gasteiger partial charge in [0.25, 0.3) is 5.91 Å². The van der Waals surface area contributed by atoms with E-state index >= 15 is 0 Å². The van der Waals surface area contributed by atoms with Gasteiger partial charge in [0, 0.05) is 6.04 Å². The summed E-state index contributed by atoms with van der Waals surface area (Å²) in [6.45, 7) is 1.58. The Balaban J connectivity index is 1.94. The van der Waals surface area contributed by atoms with E-state index in [1.807, 2.05) is 0 Å². The highest BCUT2D eigenvalue weighted by atomic mass is 19.1. The van der Waals surface area contributed by atoms with Crippen molar-refractivity contribution in [3.8, 4) is 0 Å². The number of hydrogen-bond donors (Lipinski definition) is 2. The van der Waals surface area contributed by atoms with Gasteiger partial charge in [0.05, 0.1) is 5.56 Å². The van der Waals surface area contributed by atoms with Crippen molar-refractivity contribution in [2.24, 2.45) is 0 Å². The van der Waals surface area contributed by atoms with Crippen molar-refractivity contribution in [3.63, 3.8) is 0 Å². The highest BCUT2D eigenvalue weighted by molar-refractivity contribution is 5.97. The Morgan fingerprint density at radius 3 is 2.61 bits per heavy atom. The average molecular weight is 250 g/mol. The number of rotatable bonds is 4. The summed E-state index contributed by atoms with van der Waals surface area (Å²) in [5.74, 6) is -1.40. The molecule has 1 atom stereocenters. The Hall–Kier alpha value is -1.91. The number of carbonyl (C=O) groups excluding carboxylic acids is 2. The first kappa shape index (κ1) is 12.5. The number of hydrogen-bond acceptors (Lipinski definition) is 2. The molecule has 1 aromatic carbocycles. The highest BCUT2D eigenvalue weighted by Gasteiger charge is 2.26. The van der Waals surface area contributed by atoms with Crippen molar-refractivity contribution < 1.29 is 14.0 Å². The van der Waals surface area contributed by atoms with Crippen molar-refractivity contribution in [2.75, 3.05) is 0 Å². The molecule has 0 heterocycles. The van der Waals surface area contributed by atoms with Gasteiger partial charge >= 0.3 is 0 Å². The summed E-state index contributed by atoms with van der Waals surface area (Å²) in [5.41, 5.74) is -0.0522. The first-order valence-electron chi connectivity index (χ1n) is 5.93. The topological polar surface area (TPSA) is 58.2 Å². The molecular formula is C13H15FN2O2. The lowest BCUT2D eigenvalue weighted by atomic mass is 10.2. The van der Waals surface area contributed by atoms with Gasteiger partial charge in [-0.1, -0.05) is 12.1 Å². The zero-order valence-electron chi connectivity index (χ0n) is 10.1. The summed E-state index contributed by atoms with van der Waals surface area (Å²) in [5, 5.41) is 5.26. The van der Waals surface area contributed by atoms with Gasteiger partial charge in [0.2, 0.25) is 5.91 Å². The Kier molecular flexibility index (Phi) is 3.60. The fourth-order valence-corrected chi connectivity index (χ4v) is 1.54. The number of amides is 2. The zero-order valence-corrected chi connectivity index (χ0v) is 10.1. The van der Waals surface area contributed by atoms with Crippen molar-refractivity contribution in [2.45, 2.75) is 31.8 Å². The molecule has 96 valence electrons. The minimum atomic E-state index is -0.669. The molecule has 1 aliphatic carbocycles. The van der Waals surface area contributed by atoms with E-state index in [0.29, 0.717) is 0 Å². The van der Waals surface area contributed by atoms with Gasteiger partial charge in [-0.3, -0.25) is 9.59 Å². The molecule has 0 aromatic heterocycles. The van der Waals surface area contributed by atoms with E-state index in [2.05, 4.69) is 10.6 Å². The molecule has 18 heavy (non-hydrogen) atoms. The zero-order chi connectivity index (χ0) is 13.1. The summed E-state index contributed by atoms with van der Waals surface area (Å²) in [6, 6.07) is 5.26. The van der Waals surface area contributed by atoms with E-state index in [9.17, 15) is 14.0 Å². The molecule has 0 aliphatic heterocycles. The van der Waals surface area contributed by atoms with Crippen LogP contribution in [0.4, 0.5) is 4.39 Å². The van der Waals surface area contributed by atoms with Gasteiger partial charge in [-0.15, -0.1) is 0 Å². The summed E-state index contributed by atoms with van der Waals surface area (Å²) in [7, 11) is 0. The van der Waals surface area contributed by atoms with E-state index in [4.69, 9.17) is 0 Å². The van der Waals surface area contributed by atoms with Gasteiger partial charge in [-0.2, -0.15) is 0 Å². The maximum Gasteiger partial charge on any atom is 0.254 e. The van der Waals surface area contributed by atoms with Crippen LogP contribution in [-0.4, -0.2) is 23.9 Å². The van der Waals surface area contributed by atoms with E-state index in [1.165, 1.54) is 18.2 Å². The van der Waals surface area contributed by atoms with Gasteiger partial charge < -0.3 is 10.6 Å². The quantitative estimate of drug-likeness (QED) is 0.844. The van der Waals surface area contributed by atoms with Gasteiger partial charge in [0.15, 0.2) is 0 Å². The molecule has 0 radical (unpaired) electrons. The van der Waals surface area contributed by atoms with Crippen LogP contribution in [0.25, 0.3) is 0 Å². The SMILES string of the molecule is CC(NC(=O)c1ccccc1F)C(=O)NC1CC1. The maximum absolute atomic E-state index is 13.4. The third kappa shape index (κ3) is 3.06. The fraction of sp³-hybridized carbons (Fsp3) is 0.385. The first-order valence-corrected chi connectivity index (χ1v) is 5.93. The summed E-state index contributed by atoms with van der Waals surface area (Å²) in [4.78, 5) is 23.4. The monoisotopic (exact) mass is 250 g/mol. The van der Waals surface area contributed by atoms with Gasteiger partial charge in [-0.25, -0.2) is 4.39 Å². The van der Waals surface area contributed by atoms with E-state index < -0.39 is 17.8 Å². The predicted octanol–water partition coefficient (Wildman–Crippen LogP) is 1.22. The first-order chi connectivity index (χ1) is 8.58.